The van der Waals surface area contributed by atoms with E-state index in [9.17, 15) is 4.79 Å². The van der Waals surface area contributed by atoms with Crippen LogP contribution in [0.1, 0.15) is 10.4 Å². The monoisotopic (exact) mass is 268 g/mol. The van der Waals surface area contributed by atoms with Crippen molar-refractivity contribution in [2.75, 3.05) is 13.2 Å². The molecule has 2 rings (SSSR count). The predicted octanol–water partition coefficient (Wildman–Crippen LogP) is 3.67. The van der Waals surface area contributed by atoms with Gasteiger partial charge in [-0.3, -0.25) is 0 Å². The Kier molecular flexibility index (Phi) is 4.95. The molecule has 3 nitrogen and oxygen atoms in total. The summed E-state index contributed by atoms with van der Waals surface area (Å²) in [6, 6.07) is 17.3. The molecule has 0 aromatic heterocycles. The Morgan fingerprint density at radius 3 is 2.25 bits per heavy atom. The van der Waals surface area contributed by atoms with Gasteiger partial charge in [-0.25, -0.2) is 4.79 Å². The predicted molar refractivity (Wildman–Crippen MR) is 78.3 cm³/mol. The van der Waals surface area contributed by atoms with E-state index in [1.807, 2.05) is 42.5 Å². The van der Waals surface area contributed by atoms with Crippen LogP contribution in [0.3, 0.4) is 0 Å². The highest BCUT2D eigenvalue weighted by molar-refractivity contribution is 5.90. The largest absolute Gasteiger partial charge is 0.498 e. The zero-order valence-corrected chi connectivity index (χ0v) is 11.1. The van der Waals surface area contributed by atoms with Crippen LogP contribution in [0.4, 0.5) is 0 Å². The number of hydrogen-bond acceptors (Lipinski definition) is 3. The second-order valence-electron chi connectivity index (χ2n) is 4.12. The van der Waals surface area contributed by atoms with Crippen molar-refractivity contribution in [2.45, 2.75) is 0 Å². The van der Waals surface area contributed by atoms with E-state index in [0.717, 1.165) is 11.1 Å². The maximum Gasteiger partial charge on any atom is 0.338 e. The summed E-state index contributed by atoms with van der Waals surface area (Å²) in [6.45, 7) is 3.94. The van der Waals surface area contributed by atoms with Gasteiger partial charge in [0.05, 0.1) is 11.8 Å². The van der Waals surface area contributed by atoms with E-state index in [4.69, 9.17) is 9.47 Å². The molecule has 0 atom stereocenters. The lowest BCUT2D eigenvalue weighted by Gasteiger charge is -2.06. The molecule has 0 aliphatic heterocycles. The molecule has 0 radical (unpaired) electrons. The van der Waals surface area contributed by atoms with Crippen LogP contribution >= 0.6 is 0 Å². The molecular formula is C17H16O3. The lowest BCUT2D eigenvalue weighted by molar-refractivity contribution is 0.0421. The fraction of sp³-hybridized carbons (Fsp3) is 0.118. The molecule has 0 amide bonds. The van der Waals surface area contributed by atoms with Gasteiger partial charge >= 0.3 is 5.97 Å². The van der Waals surface area contributed by atoms with Gasteiger partial charge in [-0.05, 0) is 23.3 Å². The average molecular weight is 268 g/mol. The van der Waals surface area contributed by atoms with Gasteiger partial charge in [0.25, 0.3) is 0 Å². The summed E-state index contributed by atoms with van der Waals surface area (Å²) < 4.78 is 9.95. The Hall–Kier alpha value is -2.55. The topological polar surface area (TPSA) is 35.5 Å². The van der Waals surface area contributed by atoms with Crippen molar-refractivity contribution in [3.8, 4) is 11.1 Å². The van der Waals surface area contributed by atoms with E-state index in [-0.39, 0.29) is 12.6 Å². The number of carbonyl (C=O) groups excluding carboxylic acids is 1. The number of rotatable bonds is 6. The molecule has 0 aliphatic rings. The van der Waals surface area contributed by atoms with Gasteiger partial charge in [-0.15, -0.1) is 0 Å². The highest BCUT2D eigenvalue weighted by atomic mass is 16.6. The molecule has 0 bridgehead atoms. The van der Waals surface area contributed by atoms with Crippen LogP contribution in [-0.4, -0.2) is 19.2 Å². The SMILES string of the molecule is C=COCCOC(=O)c1ccc(-c2ccccc2)cc1. The maximum absolute atomic E-state index is 11.8. The number of ether oxygens (including phenoxy) is 2. The lowest BCUT2D eigenvalue weighted by atomic mass is 10.0. The summed E-state index contributed by atoms with van der Waals surface area (Å²) in [6.07, 6.45) is 1.32. The quantitative estimate of drug-likeness (QED) is 0.455. The minimum absolute atomic E-state index is 0.214. The van der Waals surface area contributed by atoms with E-state index in [1.165, 1.54) is 6.26 Å². The van der Waals surface area contributed by atoms with Crippen LogP contribution in [0, 0.1) is 0 Å². The highest BCUT2D eigenvalue weighted by Crippen LogP contribution is 2.19. The zero-order valence-electron chi connectivity index (χ0n) is 11.1. The number of carbonyl (C=O) groups is 1. The van der Waals surface area contributed by atoms with Crippen LogP contribution < -0.4 is 0 Å². The lowest BCUT2D eigenvalue weighted by Crippen LogP contribution is -2.09. The van der Waals surface area contributed by atoms with Crippen molar-refractivity contribution in [1.82, 2.24) is 0 Å². The van der Waals surface area contributed by atoms with Crippen LogP contribution in [0.15, 0.2) is 67.4 Å². The van der Waals surface area contributed by atoms with E-state index < -0.39 is 0 Å². The summed E-state index contributed by atoms with van der Waals surface area (Å²) >= 11 is 0. The third kappa shape index (κ3) is 3.72. The van der Waals surface area contributed by atoms with Gasteiger partial charge < -0.3 is 9.47 Å². The molecule has 2 aromatic carbocycles. The van der Waals surface area contributed by atoms with E-state index in [0.29, 0.717) is 12.2 Å². The van der Waals surface area contributed by atoms with Gasteiger partial charge in [0.2, 0.25) is 0 Å². The van der Waals surface area contributed by atoms with Crippen molar-refractivity contribution < 1.29 is 14.3 Å². The van der Waals surface area contributed by atoms with E-state index in [2.05, 4.69) is 6.58 Å². The first kappa shape index (κ1) is 13.9. The van der Waals surface area contributed by atoms with Crippen LogP contribution in [0.2, 0.25) is 0 Å². The molecule has 0 aliphatic carbocycles. The Balaban J connectivity index is 1.97. The number of esters is 1. The minimum Gasteiger partial charge on any atom is -0.498 e. The third-order valence-corrected chi connectivity index (χ3v) is 2.78. The molecule has 20 heavy (non-hydrogen) atoms. The van der Waals surface area contributed by atoms with Gasteiger partial charge in [-0.2, -0.15) is 0 Å². The molecule has 0 spiro atoms. The second-order valence-corrected chi connectivity index (χ2v) is 4.12. The molecule has 0 N–H and O–H groups in total. The molecule has 0 saturated carbocycles. The fourth-order valence-corrected chi connectivity index (χ4v) is 1.78. The molecule has 2 aromatic rings. The van der Waals surface area contributed by atoms with E-state index >= 15 is 0 Å². The normalized spacial score (nSPS) is 9.80. The van der Waals surface area contributed by atoms with E-state index in [1.54, 1.807) is 12.1 Å². The number of hydrogen-bond donors (Lipinski definition) is 0. The van der Waals surface area contributed by atoms with Gasteiger partial charge in [-0.1, -0.05) is 49.0 Å². The van der Waals surface area contributed by atoms with Gasteiger partial charge in [0.15, 0.2) is 0 Å². The first-order chi connectivity index (χ1) is 9.81. The van der Waals surface area contributed by atoms with Crippen molar-refractivity contribution in [3.05, 3.63) is 73.0 Å². The summed E-state index contributed by atoms with van der Waals surface area (Å²) in [5, 5.41) is 0. The molecule has 0 fully saturated rings. The Bertz CT molecular complexity index is 559. The first-order valence-corrected chi connectivity index (χ1v) is 6.36. The molecule has 0 heterocycles. The average Bonchev–Trinajstić information content (AvgIpc) is 2.52. The molecular weight excluding hydrogens is 252 g/mol. The highest BCUT2D eigenvalue weighted by Gasteiger charge is 2.07. The smallest absolute Gasteiger partial charge is 0.338 e. The maximum atomic E-state index is 11.8. The Labute approximate surface area is 118 Å². The van der Waals surface area contributed by atoms with Crippen LogP contribution in [0.5, 0.6) is 0 Å². The standard InChI is InChI=1S/C17H16O3/c1-2-19-12-13-20-17(18)16-10-8-15(9-11-16)14-6-4-3-5-7-14/h2-11H,1,12-13H2. The van der Waals surface area contributed by atoms with Crippen molar-refractivity contribution in [1.29, 1.82) is 0 Å². The molecule has 0 unspecified atom stereocenters. The Morgan fingerprint density at radius 1 is 0.950 bits per heavy atom. The first-order valence-electron chi connectivity index (χ1n) is 6.36. The van der Waals surface area contributed by atoms with Crippen molar-refractivity contribution >= 4 is 5.97 Å². The minimum atomic E-state index is -0.350. The summed E-state index contributed by atoms with van der Waals surface area (Å²) in [7, 11) is 0. The summed E-state index contributed by atoms with van der Waals surface area (Å²) in [5.41, 5.74) is 2.72. The van der Waals surface area contributed by atoms with Crippen LogP contribution in [0.25, 0.3) is 11.1 Å². The van der Waals surface area contributed by atoms with Crippen molar-refractivity contribution in [3.63, 3.8) is 0 Å². The molecule has 102 valence electrons. The molecule has 0 saturated heterocycles. The molecule has 3 heteroatoms. The van der Waals surface area contributed by atoms with Gasteiger partial charge in [0.1, 0.15) is 13.2 Å². The summed E-state index contributed by atoms with van der Waals surface area (Å²) in [5.74, 6) is -0.350. The third-order valence-electron chi connectivity index (χ3n) is 2.78. The van der Waals surface area contributed by atoms with Crippen LogP contribution in [-0.2, 0) is 9.47 Å². The number of benzene rings is 2. The van der Waals surface area contributed by atoms with Gasteiger partial charge in [0, 0.05) is 0 Å². The Morgan fingerprint density at radius 2 is 1.60 bits per heavy atom. The van der Waals surface area contributed by atoms with Crippen molar-refractivity contribution in [2.24, 2.45) is 0 Å². The summed E-state index contributed by atoms with van der Waals surface area (Å²) in [4.78, 5) is 11.8. The zero-order chi connectivity index (χ0) is 14.2. The fourth-order valence-electron chi connectivity index (χ4n) is 1.78. The second kappa shape index (κ2) is 7.14.